The van der Waals surface area contributed by atoms with E-state index in [1.807, 2.05) is 0 Å². The third-order valence-electron chi connectivity index (χ3n) is 1.87. The standard InChI is InChI=1S/C11H13NO3/c1-3-15-11(14)8(2)10(13)9-5-4-6-12-7-9/h4-7,10,13H,2-3H2,1H3. The number of rotatable bonds is 4. The average Bonchev–Trinajstić information content (AvgIpc) is 2.28. The summed E-state index contributed by atoms with van der Waals surface area (Å²) in [5, 5.41) is 9.75. The molecule has 0 saturated heterocycles. The summed E-state index contributed by atoms with van der Waals surface area (Å²) in [5.74, 6) is -0.589. The van der Waals surface area contributed by atoms with Crippen LogP contribution in [-0.4, -0.2) is 22.7 Å². The van der Waals surface area contributed by atoms with Crippen LogP contribution in [0.5, 0.6) is 0 Å². The molecule has 1 unspecified atom stereocenters. The van der Waals surface area contributed by atoms with E-state index in [4.69, 9.17) is 4.74 Å². The maximum absolute atomic E-state index is 11.3. The lowest BCUT2D eigenvalue weighted by Gasteiger charge is -2.12. The van der Waals surface area contributed by atoms with Crippen LogP contribution in [0.1, 0.15) is 18.6 Å². The molecule has 0 amide bonds. The molecule has 1 atom stereocenters. The molecule has 80 valence electrons. The van der Waals surface area contributed by atoms with Crippen molar-refractivity contribution >= 4 is 5.97 Å². The topological polar surface area (TPSA) is 59.4 Å². The molecule has 1 aromatic rings. The van der Waals surface area contributed by atoms with Crippen LogP contribution in [0, 0.1) is 0 Å². The van der Waals surface area contributed by atoms with Crippen molar-refractivity contribution < 1.29 is 14.6 Å². The Bertz CT molecular complexity index is 348. The average molecular weight is 207 g/mol. The molecule has 1 rings (SSSR count). The Morgan fingerprint density at radius 1 is 1.73 bits per heavy atom. The van der Waals surface area contributed by atoms with E-state index in [2.05, 4.69) is 11.6 Å². The predicted molar refractivity (Wildman–Crippen MR) is 55.0 cm³/mol. The minimum atomic E-state index is -1.06. The van der Waals surface area contributed by atoms with Crippen LogP contribution in [-0.2, 0) is 9.53 Å². The molecule has 1 aromatic heterocycles. The number of pyridine rings is 1. The molecule has 0 aliphatic heterocycles. The number of carbonyl (C=O) groups excluding carboxylic acids is 1. The second-order valence-corrected chi connectivity index (χ2v) is 2.93. The second kappa shape index (κ2) is 5.26. The van der Waals surface area contributed by atoms with Crippen molar-refractivity contribution in [3.05, 3.63) is 42.2 Å². The fourth-order valence-corrected chi connectivity index (χ4v) is 1.07. The summed E-state index contributed by atoms with van der Waals surface area (Å²) in [6.07, 6.45) is 2.01. The smallest absolute Gasteiger partial charge is 0.336 e. The van der Waals surface area contributed by atoms with Gasteiger partial charge in [0.15, 0.2) is 0 Å². The maximum Gasteiger partial charge on any atom is 0.336 e. The molecular formula is C11H13NO3. The van der Waals surface area contributed by atoms with Gasteiger partial charge in [-0.1, -0.05) is 12.6 Å². The number of aromatic nitrogens is 1. The number of aliphatic hydroxyl groups excluding tert-OH is 1. The van der Waals surface area contributed by atoms with Crippen molar-refractivity contribution in [1.29, 1.82) is 0 Å². The van der Waals surface area contributed by atoms with E-state index in [1.54, 1.807) is 25.3 Å². The Labute approximate surface area is 88.2 Å². The van der Waals surface area contributed by atoms with E-state index in [0.717, 1.165) is 0 Å². The number of carbonyl (C=O) groups is 1. The lowest BCUT2D eigenvalue weighted by Crippen LogP contribution is -2.13. The van der Waals surface area contributed by atoms with Crippen LogP contribution in [0.15, 0.2) is 36.7 Å². The van der Waals surface area contributed by atoms with E-state index < -0.39 is 12.1 Å². The molecule has 0 spiro atoms. The number of aliphatic hydroxyl groups is 1. The van der Waals surface area contributed by atoms with Crippen molar-refractivity contribution in [3.63, 3.8) is 0 Å². The monoisotopic (exact) mass is 207 g/mol. The minimum absolute atomic E-state index is 0.0184. The van der Waals surface area contributed by atoms with Crippen molar-refractivity contribution in [2.45, 2.75) is 13.0 Å². The highest BCUT2D eigenvalue weighted by atomic mass is 16.5. The molecule has 0 bridgehead atoms. The normalized spacial score (nSPS) is 11.9. The Morgan fingerprint density at radius 3 is 3.00 bits per heavy atom. The lowest BCUT2D eigenvalue weighted by atomic mass is 10.1. The van der Waals surface area contributed by atoms with Crippen LogP contribution in [0.3, 0.4) is 0 Å². The van der Waals surface area contributed by atoms with Gasteiger partial charge in [0.2, 0.25) is 0 Å². The second-order valence-electron chi connectivity index (χ2n) is 2.93. The van der Waals surface area contributed by atoms with Gasteiger partial charge in [0.1, 0.15) is 6.10 Å². The first kappa shape index (κ1) is 11.4. The molecule has 4 nitrogen and oxygen atoms in total. The zero-order chi connectivity index (χ0) is 11.3. The highest BCUT2D eigenvalue weighted by Crippen LogP contribution is 2.19. The van der Waals surface area contributed by atoms with Crippen LogP contribution >= 0.6 is 0 Å². The van der Waals surface area contributed by atoms with Gasteiger partial charge in [-0.3, -0.25) is 4.98 Å². The van der Waals surface area contributed by atoms with Crippen molar-refractivity contribution in [1.82, 2.24) is 4.98 Å². The zero-order valence-corrected chi connectivity index (χ0v) is 8.51. The summed E-state index contributed by atoms with van der Waals surface area (Å²) in [6, 6.07) is 3.35. The molecule has 1 heterocycles. The number of hydrogen-bond donors (Lipinski definition) is 1. The van der Waals surface area contributed by atoms with Gasteiger partial charge in [-0.05, 0) is 13.0 Å². The minimum Gasteiger partial charge on any atom is -0.463 e. The molecular weight excluding hydrogens is 194 g/mol. The summed E-state index contributed by atoms with van der Waals surface area (Å²) in [7, 11) is 0. The number of nitrogens with zero attached hydrogens (tertiary/aromatic N) is 1. The van der Waals surface area contributed by atoms with E-state index in [0.29, 0.717) is 5.56 Å². The molecule has 0 fully saturated rings. The van der Waals surface area contributed by atoms with Gasteiger partial charge in [-0.25, -0.2) is 4.79 Å². The van der Waals surface area contributed by atoms with Gasteiger partial charge in [0.25, 0.3) is 0 Å². The third-order valence-corrected chi connectivity index (χ3v) is 1.87. The Kier molecular flexibility index (Phi) is 4.00. The van der Waals surface area contributed by atoms with Crippen LogP contribution in [0.4, 0.5) is 0 Å². The molecule has 4 heteroatoms. The highest BCUT2D eigenvalue weighted by Gasteiger charge is 2.19. The van der Waals surface area contributed by atoms with E-state index in [9.17, 15) is 9.90 Å². The summed E-state index contributed by atoms with van der Waals surface area (Å²) in [5.41, 5.74) is 0.542. The van der Waals surface area contributed by atoms with E-state index in [-0.39, 0.29) is 12.2 Å². The number of ether oxygens (including phenoxy) is 1. The lowest BCUT2D eigenvalue weighted by molar-refractivity contribution is -0.139. The summed E-state index contributed by atoms with van der Waals surface area (Å²) < 4.78 is 4.73. The molecule has 1 N–H and O–H groups in total. The van der Waals surface area contributed by atoms with Crippen molar-refractivity contribution in [3.8, 4) is 0 Å². The van der Waals surface area contributed by atoms with Crippen molar-refractivity contribution in [2.24, 2.45) is 0 Å². The molecule has 0 radical (unpaired) electrons. The van der Waals surface area contributed by atoms with Crippen LogP contribution < -0.4 is 0 Å². The first-order valence-electron chi connectivity index (χ1n) is 4.60. The SMILES string of the molecule is C=C(C(=O)OCC)C(O)c1cccnc1. The predicted octanol–water partition coefficient (Wildman–Crippen LogP) is 1.23. The van der Waals surface area contributed by atoms with Gasteiger partial charge < -0.3 is 9.84 Å². The van der Waals surface area contributed by atoms with Gasteiger partial charge in [-0.15, -0.1) is 0 Å². The Morgan fingerprint density at radius 2 is 2.47 bits per heavy atom. The number of hydrogen-bond acceptors (Lipinski definition) is 4. The van der Waals surface area contributed by atoms with Crippen LogP contribution in [0.2, 0.25) is 0 Å². The van der Waals surface area contributed by atoms with Gasteiger partial charge >= 0.3 is 5.97 Å². The van der Waals surface area contributed by atoms with Gasteiger partial charge in [0.05, 0.1) is 12.2 Å². The largest absolute Gasteiger partial charge is 0.463 e. The zero-order valence-electron chi connectivity index (χ0n) is 8.51. The van der Waals surface area contributed by atoms with Gasteiger partial charge in [-0.2, -0.15) is 0 Å². The molecule has 0 aliphatic carbocycles. The fraction of sp³-hybridized carbons (Fsp3) is 0.273. The van der Waals surface area contributed by atoms with Crippen molar-refractivity contribution in [2.75, 3.05) is 6.61 Å². The highest BCUT2D eigenvalue weighted by molar-refractivity contribution is 5.89. The van der Waals surface area contributed by atoms with E-state index in [1.165, 1.54) is 6.20 Å². The third kappa shape index (κ3) is 2.89. The summed E-state index contributed by atoms with van der Waals surface area (Å²) in [4.78, 5) is 15.1. The molecule has 15 heavy (non-hydrogen) atoms. The number of esters is 1. The molecule has 0 aromatic carbocycles. The maximum atomic E-state index is 11.3. The fourth-order valence-electron chi connectivity index (χ4n) is 1.07. The Hall–Kier alpha value is -1.68. The van der Waals surface area contributed by atoms with Crippen LogP contribution in [0.25, 0.3) is 0 Å². The first-order valence-corrected chi connectivity index (χ1v) is 4.60. The summed E-state index contributed by atoms with van der Waals surface area (Å²) >= 11 is 0. The molecule has 0 aliphatic rings. The van der Waals surface area contributed by atoms with Gasteiger partial charge in [0, 0.05) is 18.0 Å². The van der Waals surface area contributed by atoms with E-state index >= 15 is 0 Å². The summed E-state index contributed by atoms with van der Waals surface area (Å²) in [6.45, 7) is 5.45. The molecule has 0 saturated carbocycles. The quantitative estimate of drug-likeness (QED) is 0.596. The Balaban J connectivity index is 2.73. The first-order chi connectivity index (χ1) is 7.16.